The van der Waals surface area contributed by atoms with Crippen LogP contribution in [-0.4, -0.2) is 103 Å². The highest BCUT2D eigenvalue weighted by molar-refractivity contribution is 6.34. The summed E-state index contributed by atoms with van der Waals surface area (Å²) in [6.07, 6.45) is -3.79. The minimum atomic E-state index is -4.77. The number of nitrogens with zero attached hydrogens (tertiary/aromatic N) is 7. The number of hydrogen-bond donors (Lipinski definition) is 1. The third kappa shape index (κ3) is 9.04. The van der Waals surface area contributed by atoms with Crippen LogP contribution < -0.4 is 24.0 Å². The molecular formula is C41H43ClF3N7O5. The molecule has 12 nitrogen and oxygen atoms in total. The zero-order valence-corrected chi connectivity index (χ0v) is 32.6. The lowest BCUT2D eigenvalue weighted by molar-refractivity contribution is -0.137. The third-order valence-electron chi connectivity index (χ3n) is 10.5. The Balaban J connectivity index is 1.32. The molecule has 3 aromatic carbocycles. The number of likely N-dealkylation sites (N-methyl/N-ethyl adjacent to an activating group) is 1. The minimum Gasteiger partial charge on any atom is -0.497 e. The van der Waals surface area contributed by atoms with Gasteiger partial charge < -0.3 is 38.9 Å². The highest BCUT2D eigenvalue weighted by Gasteiger charge is 2.36. The van der Waals surface area contributed by atoms with Crippen molar-refractivity contribution in [3.05, 3.63) is 94.5 Å². The summed E-state index contributed by atoms with van der Waals surface area (Å²) in [6, 6.07) is 20.6. The number of likely N-dealkylation sites (tertiary alicyclic amines) is 1. The number of aromatic nitrogens is 3. The van der Waals surface area contributed by atoms with Crippen molar-refractivity contribution in [3.63, 3.8) is 0 Å². The Labute approximate surface area is 333 Å². The number of fused-ring (bicyclic) bond motifs is 1. The summed E-state index contributed by atoms with van der Waals surface area (Å²) in [6.45, 7) is 3.07. The topological polar surface area (TPSA) is 117 Å². The largest absolute Gasteiger partial charge is 0.497 e. The maximum Gasteiger partial charge on any atom is 0.418 e. The molecular weight excluding hydrogens is 763 g/mol. The van der Waals surface area contributed by atoms with Crippen LogP contribution in [0.25, 0.3) is 22.2 Å². The van der Waals surface area contributed by atoms with Crippen LogP contribution in [0.3, 0.4) is 0 Å². The van der Waals surface area contributed by atoms with E-state index >= 15 is 0 Å². The Bertz CT molecular complexity index is 2150. The lowest BCUT2D eigenvalue weighted by Crippen LogP contribution is -2.48. The Morgan fingerprint density at radius 2 is 1.51 bits per heavy atom. The van der Waals surface area contributed by atoms with Gasteiger partial charge in [-0.2, -0.15) is 23.1 Å². The molecule has 1 N–H and O–H groups in total. The second kappa shape index (κ2) is 16.9. The number of rotatable bonds is 12. The predicted molar refractivity (Wildman–Crippen MR) is 212 cm³/mol. The molecule has 0 aliphatic carbocycles. The summed E-state index contributed by atoms with van der Waals surface area (Å²) in [5.41, 5.74) is 0.812. The van der Waals surface area contributed by atoms with Crippen molar-refractivity contribution in [1.82, 2.24) is 24.8 Å². The van der Waals surface area contributed by atoms with Crippen molar-refractivity contribution in [3.8, 4) is 28.8 Å². The van der Waals surface area contributed by atoms with E-state index in [1.165, 1.54) is 17.0 Å². The smallest absolute Gasteiger partial charge is 0.418 e. The number of benzene rings is 3. The van der Waals surface area contributed by atoms with Crippen molar-refractivity contribution >= 4 is 40.2 Å². The summed E-state index contributed by atoms with van der Waals surface area (Å²) >= 11 is 6.95. The van der Waals surface area contributed by atoms with Gasteiger partial charge in [-0.25, -0.2) is 9.78 Å². The molecule has 57 heavy (non-hydrogen) atoms. The zero-order valence-electron chi connectivity index (χ0n) is 31.8. The number of amides is 1. The molecule has 300 valence electrons. The first-order valence-corrected chi connectivity index (χ1v) is 18.9. The van der Waals surface area contributed by atoms with Crippen LogP contribution in [0.15, 0.2) is 72.8 Å². The summed E-state index contributed by atoms with van der Waals surface area (Å²) in [5, 5.41) is 10.1. The summed E-state index contributed by atoms with van der Waals surface area (Å²) < 4.78 is 61.4. The van der Waals surface area contributed by atoms with Crippen LogP contribution in [0.2, 0.25) is 5.02 Å². The lowest BCUT2D eigenvalue weighted by Gasteiger charge is -2.34. The van der Waals surface area contributed by atoms with Gasteiger partial charge in [-0.3, -0.25) is 0 Å². The van der Waals surface area contributed by atoms with E-state index in [2.05, 4.69) is 4.90 Å². The van der Waals surface area contributed by atoms with Gasteiger partial charge in [-0.1, -0.05) is 35.9 Å². The van der Waals surface area contributed by atoms with Crippen LogP contribution in [0.5, 0.6) is 17.5 Å². The van der Waals surface area contributed by atoms with Gasteiger partial charge >= 0.3 is 18.3 Å². The standard InChI is InChI=1S/C41H43ClF3N7O5/c1-49-16-4-5-28(49)25-57-39-46-35-22-31(34(42)21-32(35)38(48-39)50-17-19-51(20-18-50)40(53)54)37-33(41(43,44)45)14-15-36(47-37)52(23-26-6-10-29(55-2)11-7-26)24-27-8-12-30(56-3)13-9-27/h6-15,21-22,28H,4-5,16-20,23-25H2,1-3H3,(H,53,54)/t28-/m0/s1. The van der Waals surface area contributed by atoms with E-state index in [1.807, 2.05) is 65.4 Å². The SMILES string of the molecule is COc1ccc(CN(Cc2ccc(OC)cc2)c2ccc(C(F)(F)F)c(-c3cc4nc(OC[C@@H]5CCCN5C)nc(N5CCN(C(=O)O)CC5)c4cc3Cl)n2)cc1. The van der Waals surface area contributed by atoms with Crippen molar-refractivity contribution in [2.45, 2.75) is 38.1 Å². The number of piperazine rings is 1. The molecule has 1 amide bonds. The normalized spacial score (nSPS) is 16.2. The maximum atomic E-state index is 14.9. The first-order valence-electron chi connectivity index (χ1n) is 18.6. The Morgan fingerprint density at radius 1 is 0.877 bits per heavy atom. The Kier molecular flexibility index (Phi) is 11.8. The van der Waals surface area contributed by atoms with Gasteiger partial charge in [0, 0.05) is 56.3 Å². The maximum absolute atomic E-state index is 14.9. The fraction of sp³-hybridized carbons (Fsp3) is 0.366. The minimum absolute atomic E-state index is 0.0183. The van der Waals surface area contributed by atoms with E-state index in [9.17, 15) is 23.1 Å². The average Bonchev–Trinajstić information content (AvgIpc) is 3.63. The van der Waals surface area contributed by atoms with Crippen molar-refractivity contribution < 1.29 is 37.3 Å². The number of ether oxygens (including phenoxy) is 3. The molecule has 0 unspecified atom stereocenters. The van der Waals surface area contributed by atoms with Crippen molar-refractivity contribution in [1.29, 1.82) is 0 Å². The lowest BCUT2D eigenvalue weighted by atomic mass is 10.0. The van der Waals surface area contributed by atoms with E-state index in [0.717, 1.165) is 36.6 Å². The molecule has 0 radical (unpaired) electrons. The Hall–Kier alpha value is -5.54. The number of hydrogen-bond acceptors (Lipinski definition) is 10. The molecule has 1 atom stereocenters. The second-order valence-electron chi connectivity index (χ2n) is 14.1. The zero-order chi connectivity index (χ0) is 40.3. The first-order chi connectivity index (χ1) is 27.4. The Morgan fingerprint density at radius 3 is 2.05 bits per heavy atom. The number of alkyl halides is 3. The van der Waals surface area contributed by atoms with Gasteiger partial charge in [0.1, 0.15) is 29.7 Å². The van der Waals surface area contributed by atoms with Gasteiger partial charge in [-0.15, -0.1) is 0 Å². The molecule has 5 aromatic rings. The number of methoxy groups -OCH3 is 2. The molecule has 2 aromatic heterocycles. The van der Waals surface area contributed by atoms with E-state index in [4.69, 9.17) is 40.8 Å². The van der Waals surface area contributed by atoms with Crippen molar-refractivity contribution in [2.75, 3.05) is 70.4 Å². The van der Waals surface area contributed by atoms with Gasteiger partial charge in [0.25, 0.3) is 0 Å². The molecule has 2 aliphatic heterocycles. The van der Waals surface area contributed by atoms with E-state index < -0.39 is 17.8 Å². The van der Waals surface area contributed by atoms with Gasteiger partial charge in [0.15, 0.2) is 0 Å². The van der Waals surface area contributed by atoms with E-state index in [0.29, 0.717) is 66.8 Å². The number of carbonyl (C=O) groups is 1. The monoisotopic (exact) mass is 805 g/mol. The van der Waals surface area contributed by atoms with Gasteiger partial charge in [-0.05, 0) is 86.1 Å². The third-order valence-corrected chi connectivity index (χ3v) is 10.8. The van der Waals surface area contributed by atoms with E-state index in [1.54, 1.807) is 20.3 Å². The van der Waals surface area contributed by atoms with Crippen molar-refractivity contribution in [2.24, 2.45) is 0 Å². The highest BCUT2D eigenvalue weighted by Crippen LogP contribution is 2.42. The number of carboxylic acid groups (broad SMARTS) is 1. The van der Waals surface area contributed by atoms with Crippen LogP contribution >= 0.6 is 11.6 Å². The van der Waals surface area contributed by atoms with Crippen LogP contribution in [0.1, 0.15) is 29.5 Å². The van der Waals surface area contributed by atoms with Crippen LogP contribution in [-0.2, 0) is 19.3 Å². The van der Waals surface area contributed by atoms with Gasteiger partial charge in [0.05, 0.1) is 36.0 Å². The average molecular weight is 806 g/mol. The number of halogens is 4. The molecule has 2 aliphatic rings. The summed E-state index contributed by atoms with van der Waals surface area (Å²) in [7, 11) is 5.18. The number of pyridine rings is 1. The fourth-order valence-corrected chi connectivity index (χ4v) is 7.50. The molecule has 2 fully saturated rings. The quantitative estimate of drug-likeness (QED) is 0.133. The summed E-state index contributed by atoms with van der Waals surface area (Å²) in [4.78, 5) is 33.2. The van der Waals surface area contributed by atoms with Gasteiger partial charge in [0.2, 0.25) is 0 Å². The summed E-state index contributed by atoms with van der Waals surface area (Å²) in [5.74, 6) is 2.10. The molecule has 0 bridgehead atoms. The molecule has 0 saturated carbocycles. The fourth-order valence-electron chi connectivity index (χ4n) is 7.25. The molecule has 4 heterocycles. The predicted octanol–water partition coefficient (Wildman–Crippen LogP) is 7.86. The van der Waals surface area contributed by atoms with E-state index in [-0.39, 0.29) is 41.4 Å². The molecule has 16 heteroatoms. The number of anilines is 2. The first kappa shape index (κ1) is 39.7. The van der Waals surface area contributed by atoms with Crippen LogP contribution in [0, 0.1) is 0 Å². The molecule has 0 spiro atoms. The van der Waals surface area contributed by atoms with Crippen LogP contribution in [0.4, 0.5) is 29.6 Å². The molecule has 2 saturated heterocycles. The highest BCUT2D eigenvalue weighted by atomic mass is 35.5. The second-order valence-corrected chi connectivity index (χ2v) is 14.5. The molecule has 7 rings (SSSR count).